The summed E-state index contributed by atoms with van der Waals surface area (Å²) >= 11 is 0. The Morgan fingerprint density at radius 2 is 1.43 bits per heavy atom. The number of para-hydroxylation sites is 1. The van der Waals surface area contributed by atoms with Crippen LogP contribution >= 0.6 is 0 Å². The second-order valence-corrected chi connectivity index (χ2v) is 18.9. The van der Waals surface area contributed by atoms with Gasteiger partial charge in [0.1, 0.15) is 28.6 Å². The number of piperidine rings is 2. The third-order valence-corrected chi connectivity index (χ3v) is 14.6. The molecule has 0 spiro atoms. The fraction of sp³-hybridized carbons (Fsp3) is 0.377. The predicted molar refractivity (Wildman–Crippen MR) is 260 cm³/mol. The number of carbonyl (C=O) groups is 6. The SMILES string of the molecule is CN(CCC(=O)N1CCC([C@@H]2CCNc3c(C(N)=O)c(-c4ccc(Oc5ccccc5)cc4)nn32)CC1)Cc1ccc(N2CCN(c3ccc4c(c3)C(=O)C(C3CCC(=O)NC3=O)C4=O)CC2)cc1. The topological polar surface area (TPSA) is 193 Å². The second kappa shape index (κ2) is 19.3. The molecule has 16 nitrogen and oxygen atoms in total. The molecule has 69 heavy (non-hydrogen) atoms. The summed E-state index contributed by atoms with van der Waals surface area (Å²) in [5.41, 5.74) is 11.6. The highest BCUT2D eigenvalue weighted by molar-refractivity contribution is 6.28. The van der Waals surface area contributed by atoms with Crippen molar-refractivity contribution in [1.29, 1.82) is 0 Å². The summed E-state index contributed by atoms with van der Waals surface area (Å²) in [5.74, 6) is -1.49. The van der Waals surface area contributed by atoms with Crippen molar-refractivity contribution in [2.75, 3.05) is 74.5 Å². The van der Waals surface area contributed by atoms with E-state index in [1.54, 1.807) is 12.1 Å². The number of rotatable bonds is 13. The van der Waals surface area contributed by atoms with Gasteiger partial charge >= 0.3 is 0 Å². The fourth-order valence-corrected chi connectivity index (χ4v) is 10.9. The minimum absolute atomic E-state index is 0.0788. The van der Waals surface area contributed by atoms with Crippen molar-refractivity contribution in [3.8, 4) is 22.8 Å². The van der Waals surface area contributed by atoms with E-state index in [9.17, 15) is 28.8 Å². The molecule has 1 aliphatic carbocycles. The summed E-state index contributed by atoms with van der Waals surface area (Å²) in [5, 5.41) is 10.7. The first-order chi connectivity index (χ1) is 33.5. The van der Waals surface area contributed by atoms with Gasteiger partial charge in [-0.15, -0.1) is 0 Å². The van der Waals surface area contributed by atoms with Crippen LogP contribution in [0.3, 0.4) is 0 Å². The zero-order valence-corrected chi connectivity index (χ0v) is 38.8. The number of nitrogens with two attached hydrogens (primary N) is 1. The Kier molecular flexibility index (Phi) is 12.7. The van der Waals surface area contributed by atoms with Crippen molar-refractivity contribution in [1.82, 2.24) is 24.9 Å². The molecule has 3 fully saturated rings. The number of hydrogen-bond acceptors (Lipinski definition) is 12. The highest BCUT2D eigenvalue weighted by Gasteiger charge is 2.48. The Balaban J connectivity index is 0.678. The maximum atomic E-state index is 13.5. The molecule has 0 radical (unpaired) electrons. The lowest BCUT2D eigenvalue weighted by atomic mass is 9.82. The minimum Gasteiger partial charge on any atom is -0.457 e. The molecule has 10 rings (SSSR count). The number of likely N-dealkylation sites (tertiary alicyclic amines) is 1. The summed E-state index contributed by atoms with van der Waals surface area (Å²) < 4.78 is 7.94. The van der Waals surface area contributed by atoms with E-state index >= 15 is 0 Å². The molecule has 2 unspecified atom stereocenters. The fourth-order valence-electron chi connectivity index (χ4n) is 10.9. The van der Waals surface area contributed by atoms with Crippen LogP contribution in [-0.2, 0) is 20.9 Å². The lowest BCUT2D eigenvalue weighted by molar-refractivity contribution is -0.137. The van der Waals surface area contributed by atoms with E-state index in [1.165, 1.54) is 0 Å². The average molecular weight is 932 g/mol. The van der Waals surface area contributed by atoms with Gasteiger partial charge in [-0.05, 0) is 111 Å². The summed E-state index contributed by atoms with van der Waals surface area (Å²) in [7, 11) is 2.05. The van der Waals surface area contributed by atoms with Gasteiger partial charge in [-0.3, -0.25) is 34.1 Å². The van der Waals surface area contributed by atoms with Gasteiger partial charge in [-0.1, -0.05) is 30.3 Å². The van der Waals surface area contributed by atoms with Crippen LogP contribution in [0, 0.1) is 17.8 Å². The summed E-state index contributed by atoms with van der Waals surface area (Å²) in [6.07, 6.45) is 3.32. The van der Waals surface area contributed by atoms with Crippen LogP contribution in [0.15, 0.2) is 97.1 Å². The average Bonchev–Trinajstić information content (AvgIpc) is 3.88. The Labute approximate surface area is 400 Å². The van der Waals surface area contributed by atoms with Crippen molar-refractivity contribution in [3.63, 3.8) is 0 Å². The number of amides is 4. The molecule has 4 amide bonds. The van der Waals surface area contributed by atoms with Crippen molar-refractivity contribution >= 4 is 52.4 Å². The quantitative estimate of drug-likeness (QED) is 0.0933. The van der Waals surface area contributed by atoms with Crippen LogP contribution in [0.1, 0.15) is 81.2 Å². The van der Waals surface area contributed by atoms with Gasteiger partial charge in [-0.25, -0.2) is 4.68 Å². The lowest BCUT2D eigenvalue weighted by Gasteiger charge is -2.38. The number of nitrogens with zero attached hydrogens (tertiary/aromatic N) is 6. The molecule has 5 heterocycles. The van der Waals surface area contributed by atoms with Gasteiger partial charge in [0, 0.05) is 99.8 Å². The number of benzene rings is 4. The Morgan fingerprint density at radius 1 is 0.768 bits per heavy atom. The van der Waals surface area contributed by atoms with E-state index in [0.717, 1.165) is 80.2 Å². The van der Waals surface area contributed by atoms with Crippen molar-refractivity contribution in [3.05, 3.63) is 119 Å². The van der Waals surface area contributed by atoms with Gasteiger partial charge in [0.25, 0.3) is 5.91 Å². The number of primary amides is 1. The van der Waals surface area contributed by atoms with Crippen molar-refractivity contribution in [2.24, 2.45) is 23.5 Å². The number of nitrogens with one attached hydrogen (secondary N) is 2. The number of aromatic nitrogens is 2. The van der Waals surface area contributed by atoms with Crippen LogP contribution in [-0.4, -0.2) is 114 Å². The largest absolute Gasteiger partial charge is 0.457 e. The van der Waals surface area contributed by atoms with Crippen LogP contribution in [0.2, 0.25) is 0 Å². The highest BCUT2D eigenvalue weighted by Crippen LogP contribution is 2.41. The first-order valence-corrected chi connectivity index (χ1v) is 24.1. The number of piperazine rings is 1. The maximum Gasteiger partial charge on any atom is 0.254 e. The molecule has 356 valence electrons. The van der Waals surface area contributed by atoms with E-state index in [2.05, 4.69) is 49.6 Å². The van der Waals surface area contributed by atoms with Gasteiger partial charge in [0.2, 0.25) is 17.7 Å². The highest BCUT2D eigenvalue weighted by atomic mass is 16.5. The third kappa shape index (κ3) is 9.32. The van der Waals surface area contributed by atoms with E-state index in [4.69, 9.17) is 15.6 Å². The molecular formula is C53H57N9O7. The normalized spacial score (nSPS) is 20.7. The molecule has 4 aliphatic heterocycles. The standard InChI is InChI=1S/C53H57N9O7/c1-58(32-33-7-11-36(12-8-33)59-27-29-60(30-28-59)37-13-16-40-42(31-37)50(66)46(49(40)65)41-17-18-44(63)56-53(41)68)24-22-45(64)61-25-20-34(21-26-61)43-19-23-55-52-47(51(54)67)48(57-62(43)52)35-9-14-39(15-10-35)69-38-5-3-2-4-6-38/h2-16,31,34,41,43,46,55H,17-30,32H2,1H3,(H2,54,67)(H,56,63,68)/t41?,43-,46?/m0/s1. The molecule has 1 aromatic heterocycles. The number of carbonyl (C=O) groups excluding carboxylic acids is 6. The van der Waals surface area contributed by atoms with E-state index < -0.39 is 23.7 Å². The van der Waals surface area contributed by atoms with Gasteiger partial charge in [0.15, 0.2) is 11.6 Å². The molecule has 4 aromatic carbocycles. The zero-order valence-electron chi connectivity index (χ0n) is 38.8. The number of ketones is 2. The van der Waals surface area contributed by atoms with Gasteiger partial charge < -0.3 is 35.4 Å². The molecule has 5 aromatic rings. The maximum absolute atomic E-state index is 13.5. The van der Waals surface area contributed by atoms with Crippen molar-refractivity contribution in [2.45, 2.75) is 51.1 Å². The number of Topliss-reactive ketones (excluding diaryl/α,β-unsaturated/α-hetero) is 2. The summed E-state index contributed by atoms with van der Waals surface area (Å²) in [6, 6.07) is 31.1. The third-order valence-electron chi connectivity index (χ3n) is 14.6. The van der Waals surface area contributed by atoms with Crippen LogP contribution in [0.25, 0.3) is 11.3 Å². The smallest absolute Gasteiger partial charge is 0.254 e. The number of hydrogen-bond donors (Lipinski definition) is 3. The second-order valence-electron chi connectivity index (χ2n) is 18.9. The van der Waals surface area contributed by atoms with E-state index in [-0.39, 0.29) is 42.3 Å². The summed E-state index contributed by atoms with van der Waals surface area (Å²) in [6.45, 7) is 6.46. The molecule has 0 bridgehead atoms. The minimum atomic E-state index is -1.07. The lowest BCUT2D eigenvalue weighted by Crippen LogP contribution is -2.46. The van der Waals surface area contributed by atoms with Gasteiger partial charge in [-0.2, -0.15) is 5.10 Å². The molecule has 3 saturated heterocycles. The van der Waals surface area contributed by atoms with Crippen LogP contribution < -0.4 is 30.9 Å². The van der Waals surface area contributed by atoms with Crippen LogP contribution in [0.4, 0.5) is 17.2 Å². The van der Waals surface area contributed by atoms with E-state index in [0.29, 0.717) is 72.5 Å². The predicted octanol–water partition coefficient (Wildman–Crippen LogP) is 5.93. The molecule has 16 heteroatoms. The first-order valence-electron chi connectivity index (χ1n) is 24.1. The Morgan fingerprint density at radius 3 is 2.13 bits per heavy atom. The van der Waals surface area contributed by atoms with Gasteiger partial charge in [0.05, 0.1) is 17.9 Å². The van der Waals surface area contributed by atoms with Crippen LogP contribution in [0.5, 0.6) is 11.5 Å². The number of imide groups is 1. The zero-order chi connectivity index (χ0) is 47.8. The summed E-state index contributed by atoms with van der Waals surface area (Å²) in [4.78, 5) is 86.0. The molecule has 0 saturated carbocycles. The molecule has 5 aliphatic rings. The number of ether oxygens (including phenoxy) is 1. The first kappa shape index (κ1) is 45.5. The molecule has 3 atom stereocenters. The molecule has 4 N–H and O–H groups in total. The Bertz CT molecular complexity index is 2780. The van der Waals surface area contributed by atoms with E-state index in [1.807, 2.05) is 77.3 Å². The Hall–Kier alpha value is -7.33. The monoisotopic (exact) mass is 931 g/mol. The van der Waals surface area contributed by atoms with Crippen molar-refractivity contribution < 1.29 is 33.5 Å². The molecular weight excluding hydrogens is 875 g/mol. The number of fused-ring (bicyclic) bond motifs is 2. The number of anilines is 3.